The molecule has 3 N–H and O–H groups in total. The third-order valence-electron chi connectivity index (χ3n) is 5.45. The fourth-order valence-corrected chi connectivity index (χ4v) is 5.03. The van der Waals surface area contributed by atoms with Gasteiger partial charge < -0.3 is 10.7 Å². The quantitative estimate of drug-likeness (QED) is 0.511. The van der Waals surface area contributed by atoms with E-state index in [1.807, 2.05) is 18.2 Å². The summed E-state index contributed by atoms with van der Waals surface area (Å²) in [5.41, 5.74) is 10.4. The Hall–Kier alpha value is -3.06. The van der Waals surface area contributed by atoms with Gasteiger partial charge in [-0.05, 0) is 42.3 Å². The first-order valence-corrected chi connectivity index (χ1v) is 10.6. The topological polar surface area (TPSA) is 91.5 Å². The zero-order valence-corrected chi connectivity index (χ0v) is 16.8. The van der Waals surface area contributed by atoms with Crippen LogP contribution in [0.5, 0.6) is 0 Å². The van der Waals surface area contributed by atoms with Gasteiger partial charge in [-0.15, -0.1) is 11.8 Å². The predicted molar refractivity (Wildman–Crippen MR) is 116 cm³/mol. The van der Waals surface area contributed by atoms with Crippen molar-refractivity contribution in [3.05, 3.63) is 64.8 Å². The highest BCUT2D eigenvalue weighted by Gasteiger charge is 2.35. The number of aromatic nitrogens is 1. The number of nitrogens with two attached hydrogens (primary N) is 1. The number of hydrogen-bond acceptors (Lipinski definition) is 5. The number of imide groups is 1. The van der Waals surface area contributed by atoms with Crippen molar-refractivity contribution in [2.45, 2.75) is 25.9 Å². The Morgan fingerprint density at radius 3 is 2.55 bits per heavy atom. The van der Waals surface area contributed by atoms with Crippen LogP contribution in [0.4, 0.5) is 5.69 Å². The van der Waals surface area contributed by atoms with Crippen molar-refractivity contribution in [1.82, 2.24) is 9.88 Å². The number of aliphatic imine (C=N–C) groups is 1. The molecular weight excluding hydrogens is 384 g/mol. The maximum Gasteiger partial charge on any atom is 0.261 e. The minimum atomic E-state index is -0.263. The molecule has 0 fully saturated rings. The van der Waals surface area contributed by atoms with Crippen LogP contribution >= 0.6 is 11.8 Å². The zero-order valence-electron chi connectivity index (χ0n) is 15.9. The van der Waals surface area contributed by atoms with E-state index < -0.39 is 0 Å². The normalized spacial score (nSPS) is 18.6. The summed E-state index contributed by atoms with van der Waals surface area (Å²) >= 11 is 1.75. The van der Waals surface area contributed by atoms with Crippen LogP contribution in [-0.2, 0) is 6.54 Å². The third-order valence-corrected chi connectivity index (χ3v) is 6.60. The molecule has 2 amide bonds. The van der Waals surface area contributed by atoms with Gasteiger partial charge in [0.25, 0.3) is 11.8 Å². The Morgan fingerprint density at radius 2 is 1.90 bits per heavy atom. The number of fused-ring (bicyclic) bond motifs is 2. The molecule has 0 unspecified atom stereocenters. The van der Waals surface area contributed by atoms with Gasteiger partial charge >= 0.3 is 0 Å². The number of nitrogens with one attached hydrogen (secondary N) is 1. The molecule has 0 bridgehead atoms. The van der Waals surface area contributed by atoms with E-state index in [-0.39, 0.29) is 18.4 Å². The highest BCUT2D eigenvalue weighted by molar-refractivity contribution is 8.14. The van der Waals surface area contributed by atoms with Gasteiger partial charge in [0, 0.05) is 11.1 Å². The molecule has 2 aliphatic heterocycles. The molecule has 6 nitrogen and oxygen atoms in total. The van der Waals surface area contributed by atoms with Crippen LogP contribution in [0, 0.1) is 0 Å². The number of carbonyl (C=O) groups is 2. The van der Waals surface area contributed by atoms with Gasteiger partial charge in [-0.2, -0.15) is 0 Å². The summed E-state index contributed by atoms with van der Waals surface area (Å²) in [7, 11) is 0. The summed E-state index contributed by atoms with van der Waals surface area (Å²) in [5, 5.41) is 1.96. The number of nitrogens with zero attached hydrogens (tertiary/aromatic N) is 2. The monoisotopic (exact) mass is 404 g/mol. The van der Waals surface area contributed by atoms with E-state index in [9.17, 15) is 9.59 Å². The van der Waals surface area contributed by atoms with Gasteiger partial charge in [0.15, 0.2) is 0 Å². The van der Waals surface area contributed by atoms with Gasteiger partial charge in [-0.1, -0.05) is 19.1 Å². The van der Waals surface area contributed by atoms with Crippen LogP contribution in [0.1, 0.15) is 45.3 Å². The van der Waals surface area contributed by atoms with Crippen LogP contribution in [-0.4, -0.2) is 38.5 Å². The number of hydrogen-bond donors (Lipinski definition) is 2. The second kappa shape index (κ2) is 6.77. The van der Waals surface area contributed by atoms with Crippen molar-refractivity contribution in [2.24, 2.45) is 4.99 Å². The number of H-pyrrole nitrogens is 1. The highest BCUT2D eigenvalue weighted by atomic mass is 32.2. The zero-order chi connectivity index (χ0) is 20.1. The first-order chi connectivity index (χ1) is 14.0. The maximum atomic E-state index is 12.6. The van der Waals surface area contributed by atoms with Crippen molar-refractivity contribution in [1.29, 1.82) is 0 Å². The molecule has 1 aromatic heterocycles. The lowest BCUT2D eigenvalue weighted by atomic mass is 10.1. The molecule has 0 saturated heterocycles. The van der Waals surface area contributed by atoms with E-state index in [1.54, 1.807) is 36.0 Å². The summed E-state index contributed by atoms with van der Waals surface area (Å²) in [5.74, 6) is 0.476. The van der Waals surface area contributed by atoms with Crippen molar-refractivity contribution in [2.75, 3.05) is 11.5 Å². The number of amides is 2. The molecule has 0 spiro atoms. The van der Waals surface area contributed by atoms with Gasteiger partial charge in [-0.25, -0.2) is 0 Å². The van der Waals surface area contributed by atoms with Crippen LogP contribution in [0.2, 0.25) is 0 Å². The summed E-state index contributed by atoms with van der Waals surface area (Å²) in [4.78, 5) is 34.7. The lowest BCUT2D eigenvalue weighted by molar-refractivity contribution is 0.0642. The Labute approximate surface area is 172 Å². The van der Waals surface area contributed by atoms with Crippen molar-refractivity contribution >= 4 is 45.2 Å². The summed E-state index contributed by atoms with van der Waals surface area (Å²) in [6.07, 6.45) is 1.03. The molecule has 3 heterocycles. The van der Waals surface area contributed by atoms with Crippen molar-refractivity contribution < 1.29 is 9.59 Å². The lowest BCUT2D eigenvalue weighted by Gasteiger charge is -2.14. The number of anilines is 1. The smallest absolute Gasteiger partial charge is 0.261 e. The minimum absolute atomic E-state index is 0.195. The van der Waals surface area contributed by atoms with Crippen molar-refractivity contribution in [3.8, 4) is 0 Å². The third kappa shape index (κ3) is 2.93. The Kier molecular flexibility index (Phi) is 4.20. The van der Waals surface area contributed by atoms with Gasteiger partial charge in [0.05, 0.1) is 40.6 Å². The number of rotatable bonds is 4. The second-order valence-electron chi connectivity index (χ2n) is 7.38. The van der Waals surface area contributed by atoms with E-state index in [2.05, 4.69) is 11.9 Å². The first-order valence-electron chi connectivity index (χ1n) is 9.62. The number of thioether (sulfide) groups is 1. The summed E-state index contributed by atoms with van der Waals surface area (Å²) in [6, 6.07) is 13.1. The molecule has 0 aliphatic carbocycles. The molecule has 0 radical (unpaired) electrons. The second-order valence-corrected chi connectivity index (χ2v) is 8.39. The fraction of sp³-hybridized carbons (Fsp3) is 0.227. The summed E-state index contributed by atoms with van der Waals surface area (Å²) < 4.78 is 0. The van der Waals surface area contributed by atoms with Crippen LogP contribution in [0.25, 0.3) is 10.9 Å². The standard InChI is InChI=1S/C22H20N4O2S/c1-2-14-11-29-20(24-14)18-9-13-7-12(8-17(23)19(13)25-18)10-26-21(27)15-5-3-4-6-16(15)22(26)28/h3-9,14,25H,2,10-11,23H2,1H3/t14-/m1/s1. The van der Waals surface area contributed by atoms with Crippen molar-refractivity contribution in [3.63, 3.8) is 0 Å². The average molecular weight is 404 g/mol. The average Bonchev–Trinajstić information content (AvgIpc) is 3.42. The predicted octanol–water partition coefficient (Wildman–Crippen LogP) is 3.82. The Balaban J connectivity index is 1.46. The number of carbonyl (C=O) groups excluding carboxylic acids is 2. The van der Waals surface area contributed by atoms with E-state index >= 15 is 0 Å². The molecule has 2 aromatic carbocycles. The highest BCUT2D eigenvalue weighted by Crippen LogP contribution is 2.31. The molecule has 7 heteroatoms. The van der Waals surface area contributed by atoms with Crippen LogP contribution in [0.15, 0.2) is 47.5 Å². The lowest BCUT2D eigenvalue weighted by Crippen LogP contribution is -2.29. The SMILES string of the molecule is CC[C@@H]1CSC(c2cc3cc(CN4C(=O)c5ccccc5C4=O)cc(N)c3[nH]2)=N1. The molecule has 29 heavy (non-hydrogen) atoms. The Morgan fingerprint density at radius 1 is 1.17 bits per heavy atom. The van der Waals surface area contributed by atoms with Gasteiger partial charge in [-0.3, -0.25) is 19.5 Å². The minimum Gasteiger partial charge on any atom is -0.397 e. The van der Waals surface area contributed by atoms with E-state index in [1.165, 1.54) is 4.90 Å². The molecule has 5 rings (SSSR count). The molecule has 146 valence electrons. The van der Waals surface area contributed by atoms with E-state index in [0.29, 0.717) is 22.9 Å². The molecular formula is C22H20N4O2S. The summed E-state index contributed by atoms with van der Waals surface area (Å²) in [6.45, 7) is 2.34. The van der Waals surface area contributed by atoms with E-state index in [0.717, 1.165) is 39.4 Å². The van der Waals surface area contributed by atoms with Crippen LogP contribution in [0.3, 0.4) is 0 Å². The maximum absolute atomic E-state index is 12.6. The molecule has 1 atom stereocenters. The number of benzene rings is 2. The molecule has 3 aromatic rings. The first kappa shape index (κ1) is 18.0. The largest absolute Gasteiger partial charge is 0.397 e. The van der Waals surface area contributed by atoms with Gasteiger partial charge in [0.2, 0.25) is 0 Å². The fourth-order valence-electron chi connectivity index (χ4n) is 3.88. The molecule has 2 aliphatic rings. The number of aromatic amines is 1. The Bertz CT molecular complexity index is 1160. The van der Waals surface area contributed by atoms with Gasteiger partial charge in [0.1, 0.15) is 5.04 Å². The van der Waals surface area contributed by atoms with Crippen LogP contribution < -0.4 is 5.73 Å². The number of nitrogen functional groups attached to an aromatic ring is 1. The van der Waals surface area contributed by atoms with E-state index in [4.69, 9.17) is 10.7 Å². The molecule has 0 saturated carbocycles.